The summed E-state index contributed by atoms with van der Waals surface area (Å²) < 4.78 is 5.27. The molecule has 0 aromatic carbocycles. The molecule has 1 heterocycles. The molecule has 1 aromatic heterocycles. The maximum atomic E-state index is 5.88. The third kappa shape index (κ3) is 3.59. The topological polar surface area (TPSA) is 64.9 Å². The number of nitrogens with zero attached hydrogens (tertiary/aromatic N) is 2. The van der Waals surface area contributed by atoms with Crippen LogP contribution in [0.3, 0.4) is 0 Å². The lowest BCUT2D eigenvalue weighted by Gasteiger charge is -2.13. The van der Waals surface area contributed by atoms with Gasteiger partial charge in [-0.25, -0.2) is 0 Å². The Hall–Kier alpha value is -0.900. The second kappa shape index (κ2) is 5.99. The van der Waals surface area contributed by atoms with E-state index in [-0.39, 0.29) is 12.0 Å². The summed E-state index contributed by atoms with van der Waals surface area (Å²) in [4.78, 5) is 4.42. The molecule has 0 fully saturated rings. The summed E-state index contributed by atoms with van der Waals surface area (Å²) in [6.45, 7) is 8.45. The molecule has 0 spiro atoms. The summed E-state index contributed by atoms with van der Waals surface area (Å²) in [6, 6.07) is 0.0587. The fraction of sp³-hybridized carbons (Fsp3) is 0.833. The molecule has 4 nitrogen and oxygen atoms in total. The summed E-state index contributed by atoms with van der Waals surface area (Å²) >= 11 is 0. The molecule has 0 amide bonds. The monoisotopic (exact) mass is 225 g/mol. The fourth-order valence-corrected chi connectivity index (χ4v) is 1.71. The van der Waals surface area contributed by atoms with Crippen molar-refractivity contribution in [1.82, 2.24) is 10.1 Å². The molecule has 2 unspecified atom stereocenters. The fourth-order valence-electron chi connectivity index (χ4n) is 1.71. The molecule has 2 atom stereocenters. The van der Waals surface area contributed by atoms with Gasteiger partial charge in [-0.15, -0.1) is 0 Å². The minimum Gasteiger partial charge on any atom is -0.339 e. The van der Waals surface area contributed by atoms with Crippen molar-refractivity contribution in [3.05, 3.63) is 11.7 Å². The minimum absolute atomic E-state index is 0.0587. The van der Waals surface area contributed by atoms with E-state index in [9.17, 15) is 0 Å². The van der Waals surface area contributed by atoms with E-state index in [1.807, 2.05) is 6.92 Å². The van der Waals surface area contributed by atoms with E-state index in [1.165, 1.54) is 0 Å². The predicted molar refractivity (Wildman–Crippen MR) is 64.1 cm³/mol. The maximum Gasteiger partial charge on any atom is 0.231 e. The Morgan fingerprint density at radius 1 is 1.31 bits per heavy atom. The van der Waals surface area contributed by atoms with Gasteiger partial charge in [0.15, 0.2) is 5.82 Å². The third-order valence-electron chi connectivity index (χ3n) is 2.82. The number of hydrogen-bond acceptors (Lipinski definition) is 4. The van der Waals surface area contributed by atoms with Crippen molar-refractivity contribution in [2.45, 2.75) is 58.9 Å². The molecule has 92 valence electrons. The standard InChI is InChI=1S/C12H23N3O/c1-5-10(9(4)13)12-14-11(15-16-12)7-6-8(2)3/h8-10H,5-7,13H2,1-4H3. The van der Waals surface area contributed by atoms with Crippen molar-refractivity contribution in [2.24, 2.45) is 11.7 Å². The van der Waals surface area contributed by atoms with Gasteiger partial charge in [-0.3, -0.25) is 0 Å². The zero-order valence-electron chi connectivity index (χ0n) is 10.7. The number of rotatable bonds is 6. The normalized spacial score (nSPS) is 15.4. The Labute approximate surface area is 97.6 Å². The van der Waals surface area contributed by atoms with Gasteiger partial charge in [0.2, 0.25) is 5.89 Å². The zero-order valence-corrected chi connectivity index (χ0v) is 10.7. The van der Waals surface area contributed by atoms with Crippen molar-refractivity contribution in [3.63, 3.8) is 0 Å². The van der Waals surface area contributed by atoms with Crippen LogP contribution in [0.25, 0.3) is 0 Å². The van der Waals surface area contributed by atoms with E-state index in [4.69, 9.17) is 10.3 Å². The van der Waals surface area contributed by atoms with Gasteiger partial charge in [0.05, 0.1) is 5.92 Å². The van der Waals surface area contributed by atoms with Gasteiger partial charge in [-0.2, -0.15) is 4.98 Å². The first-order chi connectivity index (χ1) is 7.54. The van der Waals surface area contributed by atoms with E-state index < -0.39 is 0 Å². The second-order valence-electron chi connectivity index (χ2n) is 4.86. The van der Waals surface area contributed by atoms with Crippen LogP contribution < -0.4 is 5.73 Å². The highest BCUT2D eigenvalue weighted by molar-refractivity contribution is 4.97. The van der Waals surface area contributed by atoms with Crippen molar-refractivity contribution >= 4 is 0 Å². The smallest absolute Gasteiger partial charge is 0.231 e. The van der Waals surface area contributed by atoms with Gasteiger partial charge < -0.3 is 10.3 Å². The molecule has 0 aliphatic heterocycles. The van der Waals surface area contributed by atoms with Gasteiger partial charge in [0.25, 0.3) is 0 Å². The second-order valence-corrected chi connectivity index (χ2v) is 4.86. The van der Waals surface area contributed by atoms with Gasteiger partial charge in [-0.1, -0.05) is 25.9 Å². The third-order valence-corrected chi connectivity index (χ3v) is 2.82. The Morgan fingerprint density at radius 3 is 2.50 bits per heavy atom. The predicted octanol–water partition coefficient (Wildman–Crippen LogP) is 2.50. The Balaban J connectivity index is 2.62. The minimum atomic E-state index is 0.0587. The highest BCUT2D eigenvalue weighted by Crippen LogP contribution is 2.20. The molecule has 16 heavy (non-hydrogen) atoms. The molecule has 0 aliphatic carbocycles. The molecule has 0 radical (unpaired) electrons. The molecular formula is C12H23N3O. The lowest BCUT2D eigenvalue weighted by atomic mass is 9.99. The molecule has 2 N–H and O–H groups in total. The van der Waals surface area contributed by atoms with E-state index in [2.05, 4.69) is 30.9 Å². The van der Waals surface area contributed by atoms with Crippen LogP contribution in [0.1, 0.15) is 58.2 Å². The van der Waals surface area contributed by atoms with Gasteiger partial charge in [0, 0.05) is 12.5 Å². The van der Waals surface area contributed by atoms with Crippen molar-refractivity contribution in [1.29, 1.82) is 0 Å². The summed E-state index contributed by atoms with van der Waals surface area (Å²) in [5.74, 6) is 2.34. The van der Waals surface area contributed by atoms with E-state index in [1.54, 1.807) is 0 Å². The Bertz CT molecular complexity index is 307. The van der Waals surface area contributed by atoms with Crippen LogP contribution in [0.5, 0.6) is 0 Å². The van der Waals surface area contributed by atoms with Crippen LogP contribution in [-0.4, -0.2) is 16.2 Å². The zero-order chi connectivity index (χ0) is 12.1. The van der Waals surface area contributed by atoms with E-state index >= 15 is 0 Å². The SMILES string of the molecule is CCC(c1nc(CCC(C)C)no1)C(C)N. The highest BCUT2D eigenvalue weighted by Gasteiger charge is 2.20. The van der Waals surface area contributed by atoms with Crippen LogP contribution in [0.15, 0.2) is 4.52 Å². The first-order valence-corrected chi connectivity index (χ1v) is 6.12. The van der Waals surface area contributed by atoms with Crippen LogP contribution in [0.4, 0.5) is 0 Å². The Morgan fingerprint density at radius 2 is 2.00 bits per heavy atom. The largest absolute Gasteiger partial charge is 0.339 e. The summed E-state index contributed by atoms with van der Waals surface area (Å²) in [7, 11) is 0. The maximum absolute atomic E-state index is 5.88. The molecule has 0 bridgehead atoms. The first kappa shape index (κ1) is 13.2. The van der Waals surface area contributed by atoms with Gasteiger partial charge >= 0.3 is 0 Å². The van der Waals surface area contributed by atoms with Gasteiger partial charge in [0.1, 0.15) is 0 Å². The summed E-state index contributed by atoms with van der Waals surface area (Å²) in [6.07, 6.45) is 2.91. The van der Waals surface area contributed by atoms with Crippen molar-refractivity contribution in [3.8, 4) is 0 Å². The molecule has 0 saturated heterocycles. The summed E-state index contributed by atoms with van der Waals surface area (Å²) in [5.41, 5.74) is 5.88. The molecule has 1 rings (SSSR count). The average Bonchev–Trinajstić information content (AvgIpc) is 2.64. The van der Waals surface area contributed by atoms with Crippen LogP contribution in [0, 0.1) is 5.92 Å². The summed E-state index contributed by atoms with van der Waals surface area (Å²) in [5, 5.41) is 4.00. The molecule has 1 aromatic rings. The lowest BCUT2D eigenvalue weighted by molar-refractivity contribution is 0.330. The average molecular weight is 225 g/mol. The van der Waals surface area contributed by atoms with Crippen LogP contribution in [0.2, 0.25) is 0 Å². The molecule has 0 saturated carbocycles. The van der Waals surface area contributed by atoms with Crippen LogP contribution >= 0.6 is 0 Å². The van der Waals surface area contributed by atoms with Crippen molar-refractivity contribution in [2.75, 3.05) is 0 Å². The first-order valence-electron chi connectivity index (χ1n) is 6.12. The number of aromatic nitrogens is 2. The lowest BCUT2D eigenvalue weighted by Crippen LogP contribution is -2.24. The molecule has 0 aliphatic rings. The van der Waals surface area contributed by atoms with E-state index in [0.29, 0.717) is 11.8 Å². The number of aryl methyl sites for hydroxylation is 1. The van der Waals surface area contributed by atoms with E-state index in [0.717, 1.165) is 25.1 Å². The van der Waals surface area contributed by atoms with Crippen molar-refractivity contribution < 1.29 is 4.52 Å². The quantitative estimate of drug-likeness (QED) is 0.807. The Kier molecular flexibility index (Phi) is 4.93. The van der Waals surface area contributed by atoms with Gasteiger partial charge in [-0.05, 0) is 25.7 Å². The van der Waals surface area contributed by atoms with Crippen LogP contribution in [-0.2, 0) is 6.42 Å². The highest BCUT2D eigenvalue weighted by atomic mass is 16.5. The molecule has 4 heteroatoms. The number of nitrogens with two attached hydrogens (primary N) is 1. The number of hydrogen-bond donors (Lipinski definition) is 1. The molecular weight excluding hydrogens is 202 g/mol.